The van der Waals surface area contributed by atoms with Crippen molar-refractivity contribution in [2.45, 2.75) is 17.9 Å². The Morgan fingerprint density at radius 1 is 1.10 bits per heavy atom. The van der Waals surface area contributed by atoms with Crippen molar-refractivity contribution in [2.75, 3.05) is 12.3 Å². The maximum Gasteiger partial charge on any atom is 0.233 e. The van der Waals surface area contributed by atoms with Gasteiger partial charge < -0.3 is 5.73 Å². The molecule has 7 heteroatoms. The first-order chi connectivity index (χ1) is 9.94. The van der Waals surface area contributed by atoms with Gasteiger partial charge in [-0.25, -0.2) is 8.42 Å². The number of imide groups is 1. The smallest absolute Gasteiger partial charge is 0.233 e. The minimum absolute atomic E-state index is 0.0638. The first-order valence-electron chi connectivity index (χ1n) is 6.81. The predicted octanol–water partition coefficient (Wildman–Crippen LogP) is -0.0761. The minimum Gasteiger partial charge on any atom is -0.326 e. The van der Waals surface area contributed by atoms with Crippen LogP contribution in [0, 0.1) is 11.8 Å². The summed E-state index contributed by atoms with van der Waals surface area (Å²) < 4.78 is 24.4. The molecule has 1 aliphatic carbocycles. The summed E-state index contributed by atoms with van der Waals surface area (Å²) in [7, 11) is -3.51. The SMILES string of the molecule is NCc1ccc(S(=O)(=O)CCN2C(=O)C3CC3C2=O)cc1. The Bertz CT molecular complexity index is 676. The molecular formula is C14H16N2O4S. The van der Waals surface area contributed by atoms with E-state index in [9.17, 15) is 18.0 Å². The first-order valence-corrected chi connectivity index (χ1v) is 8.46. The number of hydrogen-bond donors (Lipinski definition) is 1. The Kier molecular flexibility index (Phi) is 3.33. The molecule has 2 atom stereocenters. The molecule has 2 unspecified atom stereocenters. The second-order valence-corrected chi connectivity index (χ2v) is 7.55. The molecule has 1 aromatic carbocycles. The summed E-state index contributed by atoms with van der Waals surface area (Å²) in [6.07, 6.45) is 0.626. The zero-order valence-corrected chi connectivity index (χ0v) is 12.2. The molecule has 112 valence electrons. The van der Waals surface area contributed by atoms with E-state index < -0.39 is 9.84 Å². The van der Waals surface area contributed by atoms with Crippen LogP contribution in [0.2, 0.25) is 0 Å². The largest absolute Gasteiger partial charge is 0.326 e. The van der Waals surface area contributed by atoms with Crippen molar-refractivity contribution in [1.29, 1.82) is 0 Å². The van der Waals surface area contributed by atoms with Gasteiger partial charge in [-0.1, -0.05) is 12.1 Å². The van der Waals surface area contributed by atoms with Crippen LogP contribution in [0.5, 0.6) is 0 Å². The van der Waals surface area contributed by atoms with Gasteiger partial charge in [0.25, 0.3) is 0 Å². The van der Waals surface area contributed by atoms with Crippen molar-refractivity contribution >= 4 is 21.7 Å². The van der Waals surface area contributed by atoms with E-state index in [0.29, 0.717) is 13.0 Å². The van der Waals surface area contributed by atoms with Gasteiger partial charge in [-0.15, -0.1) is 0 Å². The van der Waals surface area contributed by atoms with Gasteiger partial charge in [-0.05, 0) is 24.1 Å². The van der Waals surface area contributed by atoms with Crippen molar-refractivity contribution in [3.63, 3.8) is 0 Å². The summed E-state index contributed by atoms with van der Waals surface area (Å²) in [6.45, 7) is 0.283. The summed E-state index contributed by atoms with van der Waals surface area (Å²) in [4.78, 5) is 24.9. The summed E-state index contributed by atoms with van der Waals surface area (Å²) in [5.74, 6) is -1.07. The minimum atomic E-state index is -3.51. The average molecular weight is 308 g/mol. The Morgan fingerprint density at radius 2 is 1.67 bits per heavy atom. The van der Waals surface area contributed by atoms with Crippen molar-refractivity contribution in [2.24, 2.45) is 17.6 Å². The fraction of sp³-hybridized carbons (Fsp3) is 0.429. The van der Waals surface area contributed by atoms with E-state index in [1.807, 2.05) is 0 Å². The molecule has 0 spiro atoms. The quantitative estimate of drug-likeness (QED) is 0.768. The van der Waals surface area contributed by atoms with E-state index in [-0.39, 0.29) is 40.8 Å². The lowest BCUT2D eigenvalue weighted by Gasteiger charge is -2.16. The highest BCUT2D eigenvalue weighted by atomic mass is 32.2. The Balaban J connectivity index is 1.68. The van der Waals surface area contributed by atoms with Gasteiger partial charge in [0.15, 0.2) is 9.84 Å². The van der Waals surface area contributed by atoms with Crippen LogP contribution in [0.25, 0.3) is 0 Å². The summed E-state index contributed by atoms with van der Waals surface area (Å²) >= 11 is 0. The third kappa shape index (κ3) is 2.47. The number of nitrogens with two attached hydrogens (primary N) is 1. The molecule has 21 heavy (non-hydrogen) atoms. The van der Waals surface area contributed by atoms with E-state index in [2.05, 4.69) is 0 Å². The summed E-state index contributed by atoms with van der Waals surface area (Å²) in [6, 6.07) is 6.33. The van der Waals surface area contributed by atoms with Crippen LogP contribution in [-0.2, 0) is 26.0 Å². The molecule has 1 saturated carbocycles. The topological polar surface area (TPSA) is 97.5 Å². The maximum atomic E-state index is 12.2. The van der Waals surface area contributed by atoms with Gasteiger partial charge in [-0.2, -0.15) is 0 Å². The van der Waals surface area contributed by atoms with Crippen LogP contribution < -0.4 is 5.73 Å². The normalized spacial score (nSPS) is 24.3. The zero-order valence-electron chi connectivity index (χ0n) is 11.4. The van der Waals surface area contributed by atoms with Crippen LogP contribution in [0.1, 0.15) is 12.0 Å². The first kappa shape index (κ1) is 14.2. The summed E-state index contributed by atoms with van der Waals surface area (Å²) in [5.41, 5.74) is 6.31. The highest BCUT2D eigenvalue weighted by molar-refractivity contribution is 7.91. The number of benzene rings is 1. The van der Waals surface area contributed by atoms with Crippen LogP contribution in [0.4, 0.5) is 0 Å². The van der Waals surface area contributed by atoms with Crippen LogP contribution in [0.3, 0.4) is 0 Å². The number of nitrogens with zero attached hydrogens (tertiary/aromatic N) is 1. The van der Waals surface area contributed by atoms with E-state index in [0.717, 1.165) is 10.5 Å². The number of amides is 2. The molecule has 1 heterocycles. The van der Waals surface area contributed by atoms with E-state index in [1.165, 1.54) is 12.1 Å². The number of hydrogen-bond acceptors (Lipinski definition) is 5. The van der Waals surface area contributed by atoms with Crippen molar-refractivity contribution in [1.82, 2.24) is 4.90 Å². The molecule has 2 fully saturated rings. The maximum absolute atomic E-state index is 12.2. The highest BCUT2D eigenvalue weighted by Gasteiger charge is 2.58. The second kappa shape index (κ2) is 4.92. The van der Waals surface area contributed by atoms with Crippen molar-refractivity contribution in [3.05, 3.63) is 29.8 Å². The van der Waals surface area contributed by atoms with Crippen LogP contribution >= 0.6 is 0 Å². The van der Waals surface area contributed by atoms with Crippen LogP contribution in [0.15, 0.2) is 29.2 Å². The molecule has 1 saturated heterocycles. The number of piperidine rings is 1. The third-order valence-electron chi connectivity index (χ3n) is 4.06. The molecule has 3 rings (SSSR count). The van der Waals surface area contributed by atoms with Crippen molar-refractivity contribution < 1.29 is 18.0 Å². The number of likely N-dealkylation sites (tertiary alicyclic amines) is 1. The Morgan fingerprint density at radius 3 is 2.19 bits per heavy atom. The van der Waals surface area contributed by atoms with Gasteiger partial charge in [0.2, 0.25) is 11.8 Å². The lowest BCUT2D eigenvalue weighted by Crippen LogP contribution is -2.36. The predicted molar refractivity (Wildman–Crippen MR) is 74.7 cm³/mol. The van der Waals surface area contributed by atoms with Gasteiger partial charge in [0, 0.05) is 13.1 Å². The van der Waals surface area contributed by atoms with Crippen molar-refractivity contribution in [3.8, 4) is 0 Å². The van der Waals surface area contributed by atoms with Crippen LogP contribution in [-0.4, -0.2) is 37.4 Å². The standard InChI is InChI=1S/C14H16N2O4S/c15-8-9-1-3-10(4-2-9)21(19,20)6-5-16-13(17)11-7-12(11)14(16)18/h1-4,11-12H,5-8,15H2. The Hall–Kier alpha value is -1.73. The fourth-order valence-electron chi connectivity index (χ4n) is 2.63. The molecule has 0 bridgehead atoms. The van der Waals surface area contributed by atoms with E-state index in [4.69, 9.17) is 5.73 Å². The molecule has 6 nitrogen and oxygen atoms in total. The molecule has 2 N–H and O–H groups in total. The van der Waals surface area contributed by atoms with E-state index in [1.54, 1.807) is 12.1 Å². The third-order valence-corrected chi connectivity index (χ3v) is 5.77. The lowest BCUT2D eigenvalue weighted by molar-refractivity contribution is -0.140. The zero-order chi connectivity index (χ0) is 15.2. The molecule has 0 radical (unpaired) electrons. The second-order valence-electron chi connectivity index (χ2n) is 5.44. The molecule has 1 aromatic rings. The molecular weight excluding hydrogens is 292 g/mol. The summed E-state index contributed by atoms with van der Waals surface area (Å²) in [5, 5.41) is 0. The molecule has 1 aliphatic heterocycles. The average Bonchev–Trinajstić information content (AvgIpc) is 3.23. The Labute approximate surface area is 122 Å². The highest BCUT2D eigenvalue weighted by Crippen LogP contribution is 2.46. The number of carbonyl (C=O) groups is 2. The number of rotatable bonds is 5. The number of sulfone groups is 1. The monoisotopic (exact) mass is 308 g/mol. The lowest BCUT2D eigenvalue weighted by atomic mass is 10.2. The van der Waals surface area contributed by atoms with Gasteiger partial charge in [-0.3, -0.25) is 14.5 Å². The van der Waals surface area contributed by atoms with E-state index >= 15 is 0 Å². The van der Waals surface area contributed by atoms with Gasteiger partial charge >= 0.3 is 0 Å². The van der Waals surface area contributed by atoms with Gasteiger partial charge in [0.05, 0.1) is 22.5 Å². The fourth-order valence-corrected chi connectivity index (χ4v) is 3.84. The number of fused-ring (bicyclic) bond motifs is 1. The molecule has 0 aromatic heterocycles. The van der Waals surface area contributed by atoms with Gasteiger partial charge in [0.1, 0.15) is 0 Å². The molecule has 2 amide bonds. The molecule has 2 aliphatic rings. The number of carbonyl (C=O) groups excluding carboxylic acids is 2.